The summed E-state index contributed by atoms with van der Waals surface area (Å²) in [5, 5.41) is 2.87. The SMILES string of the molecule is C=C(C)COc1ccc(NC(=O)c2ccc(OCC(C)C)c(Br)c2)cc1. The van der Waals surface area contributed by atoms with Gasteiger partial charge in [-0.05, 0) is 76.8 Å². The Morgan fingerprint density at radius 3 is 2.42 bits per heavy atom. The Labute approximate surface area is 163 Å². The van der Waals surface area contributed by atoms with Gasteiger partial charge in [0.1, 0.15) is 18.1 Å². The van der Waals surface area contributed by atoms with E-state index in [0.717, 1.165) is 21.5 Å². The van der Waals surface area contributed by atoms with Crippen LogP contribution in [0, 0.1) is 5.92 Å². The van der Waals surface area contributed by atoms with Crippen LogP contribution < -0.4 is 14.8 Å². The van der Waals surface area contributed by atoms with Crippen molar-refractivity contribution in [1.29, 1.82) is 0 Å². The van der Waals surface area contributed by atoms with Crippen molar-refractivity contribution in [1.82, 2.24) is 0 Å². The molecule has 1 amide bonds. The average molecular weight is 418 g/mol. The van der Waals surface area contributed by atoms with E-state index in [1.165, 1.54) is 0 Å². The average Bonchev–Trinajstić information content (AvgIpc) is 2.59. The standard InChI is InChI=1S/C21H24BrNO3/c1-14(2)12-25-18-8-6-17(7-9-18)23-21(24)16-5-10-20(19(22)11-16)26-13-15(3)4/h5-11,15H,1,12-13H2,2-4H3,(H,23,24). The van der Waals surface area contributed by atoms with Gasteiger partial charge in [-0.2, -0.15) is 0 Å². The number of amides is 1. The van der Waals surface area contributed by atoms with Crippen molar-refractivity contribution >= 4 is 27.5 Å². The molecule has 0 radical (unpaired) electrons. The first-order valence-electron chi connectivity index (χ1n) is 8.46. The molecule has 0 fully saturated rings. The van der Waals surface area contributed by atoms with Gasteiger partial charge in [0.15, 0.2) is 0 Å². The summed E-state index contributed by atoms with van der Waals surface area (Å²) in [6, 6.07) is 12.6. The molecular weight excluding hydrogens is 394 g/mol. The molecule has 0 bridgehead atoms. The molecule has 0 spiro atoms. The van der Waals surface area contributed by atoms with Crippen molar-refractivity contribution in [2.24, 2.45) is 5.92 Å². The molecule has 0 aliphatic heterocycles. The van der Waals surface area contributed by atoms with Gasteiger partial charge in [-0.15, -0.1) is 0 Å². The molecule has 2 rings (SSSR count). The quantitative estimate of drug-likeness (QED) is 0.560. The maximum Gasteiger partial charge on any atom is 0.255 e. The first-order chi connectivity index (χ1) is 12.3. The topological polar surface area (TPSA) is 47.6 Å². The molecule has 0 saturated carbocycles. The number of hydrogen-bond acceptors (Lipinski definition) is 3. The fourth-order valence-electron chi connectivity index (χ4n) is 2.06. The van der Waals surface area contributed by atoms with Gasteiger partial charge in [0.05, 0.1) is 11.1 Å². The highest BCUT2D eigenvalue weighted by Gasteiger charge is 2.10. The van der Waals surface area contributed by atoms with Gasteiger partial charge in [0, 0.05) is 11.3 Å². The van der Waals surface area contributed by atoms with Crippen LogP contribution in [-0.2, 0) is 0 Å². The van der Waals surface area contributed by atoms with Gasteiger partial charge in [-0.25, -0.2) is 0 Å². The molecule has 4 nitrogen and oxygen atoms in total. The normalized spacial score (nSPS) is 10.5. The van der Waals surface area contributed by atoms with Crippen LogP contribution in [0.4, 0.5) is 5.69 Å². The van der Waals surface area contributed by atoms with E-state index in [-0.39, 0.29) is 5.91 Å². The predicted molar refractivity (Wildman–Crippen MR) is 109 cm³/mol. The number of benzene rings is 2. The van der Waals surface area contributed by atoms with E-state index in [4.69, 9.17) is 9.47 Å². The van der Waals surface area contributed by atoms with Crippen LogP contribution in [0.15, 0.2) is 59.1 Å². The summed E-state index contributed by atoms with van der Waals surface area (Å²) in [7, 11) is 0. The van der Waals surface area contributed by atoms with Gasteiger partial charge in [0.2, 0.25) is 0 Å². The summed E-state index contributed by atoms with van der Waals surface area (Å²) in [6.07, 6.45) is 0. The third-order valence-electron chi connectivity index (χ3n) is 3.36. The van der Waals surface area contributed by atoms with Crippen LogP contribution in [-0.4, -0.2) is 19.1 Å². The Morgan fingerprint density at radius 2 is 1.85 bits per heavy atom. The van der Waals surface area contributed by atoms with E-state index in [2.05, 4.69) is 41.7 Å². The van der Waals surface area contributed by atoms with Gasteiger partial charge < -0.3 is 14.8 Å². The zero-order valence-electron chi connectivity index (χ0n) is 15.3. The molecule has 26 heavy (non-hydrogen) atoms. The van der Waals surface area contributed by atoms with Crippen LogP contribution in [0.2, 0.25) is 0 Å². The first kappa shape index (κ1) is 20.0. The Bertz CT molecular complexity index is 769. The van der Waals surface area contributed by atoms with Crippen molar-refractivity contribution < 1.29 is 14.3 Å². The zero-order valence-corrected chi connectivity index (χ0v) is 16.9. The Balaban J connectivity index is 1.98. The van der Waals surface area contributed by atoms with Crippen LogP contribution in [0.25, 0.3) is 0 Å². The lowest BCUT2D eigenvalue weighted by Gasteiger charge is -2.12. The van der Waals surface area contributed by atoms with Gasteiger partial charge in [-0.1, -0.05) is 20.4 Å². The van der Waals surface area contributed by atoms with Crippen molar-refractivity contribution in [2.75, 3.05) is 18.5 Å². The van der Waals surface area contributed by atoms with Crippen LogP contribution in [0.3, 0.4) is 0 Å². The number of anilines is 1. The molecular formula is C21H24BrNO3. The van der Waals surface area contributed by atoms with Gasteiger partial charge in [-0.3, -0.25) is 4.79 Å². The van der Waals surface area contributed by atoms with Crippen LogP contribution in [0.1, 0.15) is 31.1 Å². The minimum atomic E-state index is -0.184. The van der Waals surface area contributed by atoms with Gasteiger partial charge in [0.25, 0.3) is 5.91 Å². The molecule has 0 unspecified atom stereocenters. The number of halogens is 1. The molecule has 0 aliphatic rings. The summed E-state index contributed by atoms with van der Waals surface area (Å²) in [4.78, 5) is 12.4. The first-order valence-corrected chi connectivity index (χ1v) is 9.25. The van der Waals surface area contributed by atoms with Crippen molar-refractivity contribution in [3.8, 4) is 11.5 Å². The second kappa shape index (κ2) is 9.43. The van der Waals surface area contributed by atoms with E-state index in [9.17, 15) is 4.79 Å². The van der Waals surface area contributed by atoms with Crippen molar-refractivity contribution in [3.63, 3.8) is 0 Å². The fourth-order valence-corrected chi connectivity index (χ4v) is 2.55. The molecule has 0 aliphatic carbocycles. The van der Waals surface area contributed by atoms with Gasteiger partial charge >= 0.3 is 0 Å². The lowest BCUT2D eigenvalue weighted by atomic mass is 10.2. The number of ether oxygens (including phenoxy) is 2. The molecule has 0 heterocycles. The molecule has 2 aromatic carbocycles. The summed E-state index contributed by atoms with van der Waals surface area (Å²) in [5.74, 6) is 1.72. The minimum Gasteiger partial charge on any atom is -0.492 e. The Hall–Kier alpha value is -2.27. The highest BCUT2D eigenvalue weighted by molar-refractivity contribution is 9.10. The highest BCUT2D eigenvalue weighted by atomic mass is 79.9. The molecule has 0 atom stereocenters. The van der Waals surface area contributed by atoms with Crippen LogP contribution in [0.5, 0.6) is 11.5 Å². The largest absolute Gasteiger partial charge is 0.492 e. The molecule has 0 saturated heterocycles. The third kappa shape index (κ3) is 6.23. The number of hydrogen-bond donors (Lipinski definition) is 1. The summed E-state index contributed by atoms with van der Waals surface area (Å²) >= 11 is 3.46. The summed E-state index contributed by atoms with van der Waals surface area (Å²) in [6.45, 7) is 11.0. The molecule has 2 aromatic rings. The number of rotatable bonds is 8. The molecule has 0 aromatic heterocycles. The lowest BCUT2D eigenvalue weighted by Crippen LogP contribution is -2.12. The third-order valence-corrected chi connectivity index (χ3v) is 3.98. The second-order valence-corrected chi connectivity index (χ2v) is 7.43. The van der Waals surface area contributed by atoms with Crippen molar-refractivity contribution in [3.05, 3.63) is 64.7 Å². The van der Waals surface area contributed by atoms with E-state index in [0.29, 0.717) is 30.4 Å². The minimum absolute atomic E-state index is 0.184. The van der Waals surface area contributed by atoms with E-state index >= 15 is 0 Å². The molecule has 5 heteroatoms. The number of carbonyl (C=O) groups is 1. The monoisotopic (exact) mass is 417 g/mol. The summed E-state index contributed by atoms with van der Waals surface area (Å²) < 4.78 is 12.0. The van der Waals surface area contributed by atoms with E-state index in [1.54, 1.807) is 30.3 Å². The Morgan fingerprint density at radius 1 is 1.15 bits per heavy atom. The zero-order chi connectivity index (χ0) is 19.1. The molecule has 1 N–H and O–H groups in total. The van der Waals surface area contributed by atoms with E-state index in [1.807, 2.05) is 19.1 Å². The number of carbonyl (C=O) groups excluding carboxylic acids is 1. The lowest BCUT2D eigenvalue weighted by molar-refractivity contribution is 0.102. The fraction of sp³-hybridized carbons (Fsp3) is 0.286. The smallest absolute Gasteiger partial charge is 0.255 e. The maximum absolute atomic E-state index is 12.4. The highest BCUT2D eigenvalue weighted by Crippen LogP contribution is 2.27. The van der Waals surface area contributed by atoms with E-state index < -0.39 is 0 Å². The second-order valence-electron chi connectivity index (χ2n) is 6.57. The Kier molecular flexibility index (Phi) is 7.27. The molecule has 138 valence electrons. The van der Waals surface area contributed by atoms with Crippen LogP contribution >= 0.6 is 15.9 Å². The number of nitrogens with one attached hydrogen (secondary N) is 1. The summed E-state index contributed by atoms with van der Waals surface area (Å²) in [5.41, 5.74) is 2.21. The van der Waals surface area contributed by atoms with Crippen molar-refractivity contribution in [2.45, 2.75) is 20.8 Å². The predicted octanol–water partition coefficient (Wildman–Crippen LogP) is 5.69. The maximum atomic E-state index is 12.4.